The van der Waals surface area contributed by atoms with E-state index in [4.69, 9.17) is 32.3 Å². The van der Waals surface area contributed by atoms with Crippen LogP contribution in [0.25, 0.3) is 0 Å². The van der Waals surface area contributed by atoms with Gasteiger partial charge in [0.1, 0.15) is 25.4 Å². The molecule has 0 aliphatic rings. The zero-order chi connectivity index (χ0) is 76.6. The van der Waals surface area contributed by atoms with Gasteiger partial charge in [0.15, 0.2) is 6.10 Å². The standard InChI is InChI=1S/C87H148O16P2/c1-4-7-10-13-16-19-22-25-27-29-31-33-34-35-36-37-38-39-40-41-42-43-44-45-46-48-50-51-53-56-58-61-64-67-70-73-85(90)97-76-82(88)77-99-104(93,94)100-78-83(89)79-101-105(95,96)102-81-84(103-87(92)75-72-69-66-63-60-55-24-21-18-15-12-9-6-3)80-98-86(91)74-71-68-65-62-59-57-54-52-49-47-32-30-28-26-23-20-17-14-11-8-5-2/h7-8,10-11,16-17,19-21,24-28,31-33,35-36,47,52,54,59,62,82-84,88-89H,4-6,9,12-15,18,22-23,29-30,34,37-46,48-51,53,55-58,60-61,63-81H2,1-3H3,(H,93,94)(H,95,96)/b10-7-,11-8-,19-16-,20-17-,24-21-,27-25-,28-26-,33-31-,36-35-,47-32-,54-52-,62-59-. The first-order chi connectivity index (χ1) is 51.2. The number of phosphoric acid groups is 2. The molecular weight excluding hydrogens is 1360 g/mol. The quantitative estimate of drug-likeness (QED) is 0.0146. The molecule has 5 atom stereocenters. The van der Waals surface area contributed by atoms with Gasteiger partial charge in [-0.3, -0.25) is 32.5 Å². The van der Waals surface area contributed by atoms with E-state index in [1.807, 2.05) is 0 Å². The minimum absolute atomic E-state index is 0.0819. The molecule has 4 N–H and O–H groups in total. The molecule has 0 rings (SSSR count). The van der Waals surface area contributed by atoms with E-state index in [1.54, 1.807) is 0 Å². The zero-order valence-corrected chi connectivity index (χ0v) is 67.6. The molecular formula is C87H148O16P2. The maximum absolute atomic E-state index is 12.9. The average molecular weight is 1510 g/mol. The van der Waals surface area contributed by atoms with Crippen molar-refractivity contribution in [3.63, 3.8) is 0 Å². The molecule has 602 valence electrons. The van der Waals surface area contributed by atoms with Crippen molar-refractivity contribution in [3.05, 3.63) is 146 Å². The summed E-state index contributed by atoms with van der Waals surface area (Å²) >= 11 is 0. The van der Waals surface area contributed by atoms with Gasteiger partial charge < -0.3 is 34.2 Å². The van der Waals surface area contributed by atoms with Crippen LogP contribution in [0, 0.1) is 0 Å². The van der Waals surface area contributed by atoms with Crippen LogP contribution >= 0.6 is 15.6 Å². The lowest BCUT2D eigenvalue weighted by Gasteiger charge is -2.21. The molecule has 0 aliphatic heterocycles. The molecule has 5 unspecified atom stereocenters. The van der Waals surface area contributed by atoms with Gasteiger partial charge in [-0.05, 0) is 141 Å². The molecule has 105 heavy (non-hydrogen) atoms. The number of ether oxygens (including phenoxy) is 3. The average Bonchev–Trinajstić information content (AvgIpc) is 0.932. The number of phosphoric ester groups is 2. The van der Waals surface area contributed by atoms with E-state index in [-0.39, 0.29) is 19.3 Å². The van der Waals surface area contributed by atoms with Gasteiger partial charge >= 0.3 is 33.6 Å². The van der Waals surface area contributed by atoms with Crippen molar-refractivity contribution in [2.75, 3.05) is 39.6 Å². The number of rotatable bonds is 77. The third-order valence-electron chi connectivity index (χ3n) is 17.0. The zero-order valence-electron chi connectivity index (χ0n) is 65.9. The van der Waals surface area contributed by atoms with Crippen molar-refractivity contribution in [3.8, 4) is 0 Å². The number of aliphatic hydroxyl groups is 2. The SMILES string of the molecule is CC/C=C\C/C=C\C/C=C\C/C=C\C/C=C\C/C=C\CCCCC(=O)OCC(COP(=O)(O)OCC(O)COP(=O)(O)OCC(O)COC(=O)CCCCCCCCCCCCCCCCCCCCC/C=C\C/C=C\C/C=C\C/C=C\C/C=C\CC)OC(=O)CCCCCCC/C=C\CCCCCC. The maximum atomic E-state index is 12.9. The number of esters is 3. The van der Waals surface area contributed by atoms with Gasteiger partial charge in [-0.15, -0.1) is 0 Å². The minimum atomic E-state index is -4.94. The second-order valence-corrected chi connectivity index (χ2v) is 30.1. The normalized spacial score (nSPS) is 14.7. The van der Waals surface area contributed by atoms with Gasteiger partial charge in [-0.1, -0.05) is 314 Å². The smallest absolute Gasteiger partial charge is 0.463 e. The van der Waals surface area contributed by atoms with Crippen LogP contribution in [0.5, 0.6) is 0 Å². The number of carbonyl (C=O) groups is 3. The molecule has 16 nitrogen and oxygen atoms in total. The summed E-state index contributed by atoms with van der Waals surface area (Å²) in [5.41, 5.74) is 0. The van der Waals surface area contributed by atoms with Gasteiger partial charge in [-0.2, -0.15) is 0 Å². The topological polar surface area (TPSA) is 231 Å². The summed E-state index contributed by atoms with van der Waals surface area (Å²) in [6, 6.07) is 0. The van der Waals surface area contributed by atoms with Crippen molar-refractivity contribution in [1.82, 2.24) is 0 Å². The van der Waals surface area contributed by atoms with E-state index in [9.17, 15) is 43.5 Å². The molecule has 0 fully saturated rings. The number of carbonyl (C=O) groups excluding carboxylic acids is 3. The summed E-state index contributed by atoms with van der Waals surface area (Å²) in [4.78, 5) is 58.6. The lowest BCUT2D eigenvalue weighted by Crippen LogP contribution is -2.30. The maximum Gasteiger partial charge on any atom is 0.472 e. The molecule has 18 heteroatoms. The number of allylic oxidation sites excluding steroid dienone is 24. The van der Waals surface area contributed by atoms with E-state index in [2.05, 4.69) is 167 Å². The predicted octanol–water partition coefficient (Wildman–Crippen LogP) is 24.4. The Morgan fingerprint density at radius 3 is 0.829 bits per heavy atom. The Labute approximate surface area is 638 Å². The molecule has 0 aromatic carbocycles. The van der Waals surface area contributed by atoms with Crippen LogP contribution in [0.1, 0.15) is 329 Å². The second-order valence-electron chi connectivity index (χ2n) is 27.2. The summed E-state index contributed by atoms with van der Waals surface area (Å²) < 4.78 is 61.1. The highest BCUT2D eigenvalue weighted by atomic mass is 31.2. The fourth-order valence-electron chi connectivity index (χ4n) is 10.8. The van der Waals surface area contributed by atoms with Crippen LogP contribution in [0.3, 0.4) is 0 Å². The Hall–Kier alpha value is -4.57. The molecule has 0 bridgehead atoms. The van der Waals surface area contributed by atoms with Crippen LogP contribution < -0.4 is 0 Å². The molecule has 0 saturated carbocycles. The highest BCUT2D eigenvalue weighted by Gasteiger charge is 2.29. The second kappa shape index (κ2) is 79.0. The Kier molecular flexibility index (Phi) is 75.6. The third-order valence-corrected chi connectivity index (χ3v) is 18.9. The van der Waals surface area contributed by atoms with Gasteiger partial charge in [0.2, 0.25) is 0 Å². The first-order valence-corrected chi connectivity index (χ1v) is 44.1. The molecule has 0 aromatic heterocycles. The summed E-state index contributed by atoms with van der Waals surface area (Å²) in [5, 5.41) is 20.6. The predicted molar refractivity (Wildman–Crippen MR) is 436 cm³/mol. The lowest BCUT2D eigenvalue weighted by atomic mass is 10.0. The Morgan fingerprint density at radius 2 is 0.505 bits per heavy atom. The Bertz CT molecular complexity index is 2490. The number of hydrogen-bond acceptors (Lipinski definition) is 14. The number of aliphatic hydroxyl groups excluding tert-OH is 2. The third kappa shape index (κ3) is 80.3. The highest BCUT2D eigenvalue weighted by Crippen LogP contribution is 2.45. The minimum Gasteiger partial charge on any atom is -0.463 e. The van der Waals surface area contributed by atoms with Crippen molar-refractivity contribution >= 4 is 33.6 Å². The molecule has 0 amide bonds. The van der Waals surface area contributed by atoms with Crippen LogP contribution in [0.15, 0.2) is 146 Å². The van der Waals surface area contributed by atoms with Gasteiger partial charge in [-0.25, -0.2) is 9.13 Å². The van der Waals surface area contributed by atoms with Gasteiger partial charge in [0.25, 0.3) is 0 Å². The van der Waals surface area contributed by atoms with Crippen molar-refractivity contribution < 1.29 is 75.8 Å². The van der Waals surface area contributed by atoms with E-state index in [1.165, 1.54) is 128 Å². The number of unbranched alkanes of at least 4 members (excludes halogenated alkanes) is 30. The van der Waals surface area contributed by atoms with Crippen molar-refractivity contribution in [2.24, 2.45) is 0 Å². The molecule has 0 aromatic rings. The van der Waals surface area contributed by atoms with Crippen LogP contribution in [0.4, 0.5) is 0 Å². The van der Waals surface area contributed by atoms with Crippen molar-refractivity contribution in [2.45, 2.75) is 347 Å². The summed E-state index contributed by atoms with van der Waals surface area (Å²) in [6.07, 6.45) is 97.8. The molecule has 0 spiro atoms. The first-order valence-electron chi connectivity index (χ1n) is 41.1. The first kappa shape index (κ1) is 100. The Balaban J connectivity index is 4.41. The lowest BCUT2D eigenvalue weighted by molar-refractivity contribution is -0.161. The Morgan fingerprint density at radius 1 is 0.276 bits per heavy atom. The van der Waals surface area contributed by atoms with E-state index < -0.39 is 91.5 Å². The summed E-state index contributed by atoms with van der Waals surface area (Å²) in [5.74, 6) is -1.63. The molecule has 0 aliphatic carbocycles. The fourth-order valence-corrected chi connectivity index (χ4v) is 12.4. The largest absolute Gasteiger partial charge is 0.472 e. The summed E-state index contributed by atoms with van der Waals surface area (Å²) in [7, 11) is -9.80. The van der Waals surface area contributed by atoms with Crippen LogP contribution in [-0.4, -0.2) is 95.9 Å². The number of hydrogen-bond donors (Lipinski definition) is 4. The van der Waals surface area contributed by atoms with Gasteiger partial charge in [0.05, 0.1) is 26.4 Å². The summed E-state index contributed by atoms with van der Waals surface area (Å²) in [6.45, 7) is 2.39. The molecule has 0 saturated heterocycles. The van der Waals surface area contributed by atoms with E-state index in [0.717, 1.165) is 141 Å². The molecule has 0 radical (unpaired) electrons. The van der Waals surface area contributed by atoms with E-state index in [0.29, 0.717) is 19.3 Å². The van der Waals surface area contributed by atoms with Crippen molar-refractivity contribution in [1.29, 1.82) is 0 Å². The monoisotopic (exact) mass is 1510 g/mol. The van der Waals surface area contributed by atoms with Gasteiger partial charge in [0, 0.05) is 19.3 Å². The van der Waals surface area contributed by atoms with Crippen LogP contribution in [-0.2, 0) is 55.8 Å². The van der Waals surface area contributed by atoms with E-state index >= 15 is 0 Å². The highest BCUT2D eigenvalue weighted by molar-refractivity contribution is 7.47. The molecule has 0 heterocycles. The van der Waals surface area contributed by atoms with Crippen LogP contribution in [0.2, 0.25) is 0 Å². The fraction of sp³-hybridized carbons (Fsp3) is 0.690.